The zero-order chi connectivity index (χ0) is 9.52. The van der Waals surface area contributed by atoms with Gasteiger partial charge in [-0.15, -0.1) is 0 Å². The summed E-state index contributed by atoms with van der Waals surface area (Å²) in [5.74, 6) is 0. The van der Waals surface area contributed by atoms with Gasteiger partial charge in [0.05, 0.1) is 32.5 Å². The third-order valence-corrected chi connectivity index (χ3v) is 1.50. The van der Waals surface area contributed by atoms with E-state index in [1.807, 2.05) is 0 Å². The molecule has 0 N–H and O–H groups in total. The van der Waals surface area contributed by atoms with Crippen molar-refractivity contribution in [3.63, 3.8) is 0 Å². The van der Waals surface area contributed by atoms with Crippen LogP contribution in [0, 0.1) is 11.3 Å². The molecule has 2 unspecified atom stereocenters. The topological polar surface area (TPSA) is 58.1 Å². The molecule has 0 aromatic carbocycles. The number of rotatable bonds is 4. The highest BCUT2D eigenvalue weighted by Gasteiger charge is 2.26. The molecule has 2 rings (SSSR count). The maximum absolute atomic E-state index is 7.51. The van der Waals surface area contributed by atoms with Gasteiger partial charge in [0.25, 0.3) is 0 Å². The highest BCUT2D eigenvalue weighted by Crippen LogP contribution is 2.12. The molecule has 0 bridgehead atoms. The summed E-state index contributed by atoms with van der Waals surface area (Å²) in [6.07, 6.45) is 1.97. The zero-order valence-corrected chi connectivity index (χ0v) is 7.44. The van der Waals surface area contributed by atoms with Crippen LogP contribution in [0.2, 0.25) is 0 Å². The molecule has 2 aliphatic rings. The van der Waals surface area contributed by atoms with Gasteiger partial charge in [-0.25, -0.2) is 0 Å². The van der Waals surface area contributed by atoms with Crippen LogP contribution in [-0.4, -0.2) is 38.6 Å². The second-order valence-electron chi connectivity index (χ2n) is 2.78. The van der Waals surface area contributed by atoms with Crippen molar-refractivity contribution >= 4 is 0 Å². The molecule has 0 aliphatic carbocycles. The summed E-state index contributed by atoms with van der Waals surface area (Å²) in [4.78, 5) is 0. The predicted octanol–water partition coefficient (Wildman–Crippen LogP) is 0.497. The van der Waals surface area contributed by atoms with Crippen molar-refractivity contribution in [2.45, 2.75) is 12.2 Å². The van der Waals surface area contributed by atoms with E-state index in [9.17, 15) is 0 Å². The minimum atomic E-state index is 0.392. The third-order valence-electron chi connectivity index (χ3n) is 1.50. The molecule has 0 aromatic rings. The first kappa shape index (κ1) is 10.2. The van der Waals surface area contributed by atoms with E-state index in [1.54, 1.807) is 6.07 Å². The maximum atomic E-state index is 7.51. The number of nitriles is 1. The molecule has 2 aliphatic heterocycles. The molecule has 0 spiro atoms. The van der Waals surface area contributed by atoms with Gasteiger partial charge in [-0.1, -0.05) is 6.58 Å². The van der Waals surface area contributed by atoms with Crippen LogP contribution in [0.5, 0.6) is 0 Å². The minimum Gasteiger partial charge on any atom is -0.376 e. The molecular formula is C9H13NO3. The molecule has 72 valence electrons. The Morgan fingerprint density at radius 1 is 1.38 bits per heavy atom. The van der Waals surface area contributed by atoms with Crippen LogP contribution in [0.15, 0.2) is 12.7 Å². The Morgan fingerprint density at radius 2 is 1.77 bits per heavy atom. The fourth-order valence-electron chi connectivity index (χ4n) is 0.659. The smallest absolute Gasteiger partial charge is 0.104 e. The van der Waals surface area contributed by atoms with Crippen LogP contribution in [0.4, 0.5) is 0 Å². The largest absolute Gasteiger partial charge is 0.376 e. The van der Waals surface area contributed by atoms with Gasteiger partial charge in [-0.2, -0.15) is 5.26 Å². The second-order valence-corrected chi connectivity index (χ2v) is 2.78. The normalized spacial score (nSPS) is 27.9. The lowest BCUT2D eigenvalue weighted by atomic mass is 10.5. The van der Waals surface area contributed by atoms with Gasteiger partial charge < -0.3 is 14.2 Å². The molecule has 0 radical (unpaired) electrons. The van der Waals surface area contributed by atoms with Gasteiger partial charge in [-0.3, -0.25) is 0 Å². The molecule has 2 atom stereocenters. The van der Waals surface area contributed by atoms with Gasteiger partial charge in [0.1, 0.15) is 12.2 Å². The number of nitrogens with zero attached hydrogens (tertiary/aromatic N) is 1. The van der Waals surface area contributed by atoms with Crippen LogP contribution < -0.4 is 0 Å². The first-order chi connectivity index (χ1) is 6.36. The van der Waals surface area contributed by atoms with Crippen LogP contribution in [0.3, 0.4) is 0 Å². The number of hydrogen-bond donors (Lipinski definition) is 0. The van der Waals surface area contributed by atoms with Crippen molar-refractivity contribution < 1.29 is 14.2 Å². The van der Waals surface area contributed by atoms with E-state index < -0.39 is 0 Å². The van der Waals surface area contributed by atoms with Gasteiger partial charge in [0.2, 0.25) is 0 Å². The molecule has 2 heterocycles. The highest BCUT2D eigenvalue weighted by molar-refractivity contribution is 4.93. The van der Waals surface area contributed by atoms with Gasteiger partial charge in [0.15, 0.2) is 0 Å². The number of ether oxygens (including phenoxy) is 3. The second kappa shape index (κ2) is 5.70. The summed E-state index contributed by atoms with van der Waals surface area (Å²) >= 11 is 0. The minimum absolute atomic E-state index is 0.392. The van der Waals surface area contributed by atoms with Crippen molar-refractivity contribution in [1.82, 2.24) is 0 Å². The van der Waals surface area contributed by atoms with E-state index in [2.05, 4.69) is 6.58 Å². The lowest BCUT2D eigenvalue weighted by molar-refractivity contribution is 0.102. The Hall–Kier alpha value is -0.890. The van der Waals surface area contributed by atoms with E-state index in [0.29, 0.717) is 12.2 Å². The first-order valence-electron chi connectivity index (χ1n) is 4.18. The van der Waals surface area contributed by atoms with Crippen molar-refractivity contribution in [3.05, 3.63) is 12.7 Å². The number of allylic oxidation sites excluding steroid dienone is 1. The summed E-state index contributed by atoms with van der Waals surface area (Å²) in [5.41, 5.74) is 0. The molecule has 0 saturated carbocycles. The molecule has 4 nitrogen and oxygen atoms in total. The van der Waals surface area contributed by atoms with E-state index in [1.165, 1.54) is 6.08 Å². The Bertz CT molecular complexity index is 180. The Kier molecular flexibility index (Phi) is 4.47. The zero-order valence-electron chi connectivity index (χ0n) is 7.44. The fourth-order valence-corrected chi connectivity index (χ4v) is 0.659. The quantitative estimate of drug-likeness (QED) is 0.470. The van der Waals surface area contributed by atoms with E-state index in [4.69, 9.17) is 19.5 Å². The molecule has 0 amide bonds. The van der Waals surface area contributed by atoms with Gasteiger partial charge in [0, 0.05) is 6.08 Å². The predicted molar refractivity (Wildman–Crippen MR) is 46.1 cm³/mol. The van der Waals surface area contributed by atoms with Crippen molar-refractivity contribution in [2.24, 2.45) is 0 Å². The van der Waals surface area contributed by atoms with Gasteiger partial charge >= 0.3 is 0 Å². The van der Waals surface area contributed by atoms with Gasteiger partial charge in [-0.05, 0) is 0 Å². The molecule has 0 aromatic heterocycles. The molecule has 2 fully saturated rings. The maximum Gasteiger partial charge on any atom is 0.104 e. The first-order valence-corrected chi connectivity index (χ1v) is 4.18. The van der Waals surface area contributed by atoms with E-state index in [0.717, 1.165) is 26.4 Å². The lowest BCUT2D eigenvalue weighted by Crippen LogP contribution is -2.06. The average molecular weight is 183 g/mol. The van der Waals surface area contributed by atoms with Crippen LogP contribution in [0.25, 0.3) is 0 Å². The molecule has 13 heavy (non-hydrogen) atoms. The average Bonchev–Trinajstić information content (AvgIpc) is 2.98. The lowest BCUT2D eigenvalue weighted by Gasteiger charge is -1.95. The summed E-state index contributed by atoms with van der Waals surface area (Å²) < 4.78 is 15.1. The van der Waals surface area contributed by atoms with E-state index in [-0.39, 0.29) is 0 Å². The summed E-state index contributed by atoms with van der Waals surface area (Å²) in [6, 6.07) is 1.69. The standard InChI is InChI=1S/C6H10O3.C3H3N/c1(5-3-8-5)7-2-6-4-9-6;1-2-3-4/h5-6H,1-4H2;2H,1H2. The highest BCUT2D eigenvalue weighted by atomic mass is 16.6. The Balaban J connectivity index is 0.000000184. The third kappa shape index (κ3) is 6.29. The van der Waals surface area contributed by atoms with Crippen molar-refractivity contribution in [3.8, 4) is 6.07 Å². The number of hydrogen-bond acceptors (Lipinski definition) is 4. The van der Waals surface area contributed by atoms with Crippen molar-refractivity contribution in [2.75, 3.05) is 26.4 Å². The fraction of sp³-hybridized carbons (Fsp3) is 0.667. The van der Waals surface area contributed by atoms with Crippen LogP contribution in [-0.2, 0) is 14.2 Å². The SMILES string of the molecule is C(OCC1CO1)C1CO1.C=CC#N. The number of epoxide rings is 2. The molecular weight excluding hydrogens is 170 g/mol. The Morgan fingerprint density at radius 3 is 2.00 bits per heavy atom. The monoisotopic (exact) mass is 183 g/mol. The van der Waals surface area contributed by atoms with Crippen LogP contribution in [0.1, 0.15) is 0 Å². The summed E-state index contributed by atoms with van der Waals surface area (Å²) in [6.45, 7) is 6.38. The molecule has 2 saturated heterocycles. The molecule has 4 heteroatoms. The van der Waals surface area contributed by atoms with E-state index >= 15 is 0 Å². The van der Waals surface area contributed by atoms with Crippen molar-refractivity contribution in [1.29, 1.82) is 5.26 Å². The van der Waals surface area contributed by atoms with Crippen LogP contribution >= 0.6 is 0 Å². The summed E-state index contributed by atoms with van der Waals surface area (Å²) in [7, 11) is 0. The Labute approximate surface area is 77.7 Å². The summed E-state index contributed by atoms with van der Waals surface area (Å²) in [5, 5.41) is 7.51.